The third-order valence-electron chi connectivity index (χ3n) is 3.80. The summed E-state index contributed by atoms with van der Waals surface area (Å²) in [6.07, 6.45) is 2.17. The van der Waals surface area contributed by atoms with Crippen LogP contribution in [-0.4, -0.2) is 38.9 Å². The molecular weight excluding hydrogens is 280 g/mol. The van der Waals surface area contributed by atoms with Crippen LogP contribution in [0, 0.1) is 6.92 Å². The normalized spacial score (nSPS) is 14.8. The maximum absolute atomic E-state index is 11.9. The molecule has 3 rings (SSSR count). The minimum absolute atomic E-state index is 0.126. The molecule has 2 aromatic rings. The zero-order valence-electron chi connectivity index (χ0n) is 12.7. The second-order valence-corrected chi connectivity index (χ2v) is 5.48. The van der Waals surface area contributed by atoms with Crippen molar-refractivity contribution in [3.63, 3.8) is 0 Å². The van der Waals surface area contributed by atoms with E-state index in [0.29, 0.717) is 25.2 Å². The van der Waals surface area contributed by atoms with Crippen molar-refractivity contribution in [2.75, 3.05) is 18.1 Å². The van der Waals surface area contributed by atoms with Crippen LogP contribution in [0.4, 0.5) is 5.69 Å². The highest BCUT2D eigenvalue weighted by molar-refractivity contribution is 5.95. The number of aliphatic hydroxyl groups is 1. The lowest BCUT2D eigenvalue weighted by atomic mass is 10.1. The van der Waals surface area contributed by atoms with Crippen LogP contribution < -0.4 is 4.90 Å². The zero-order chi connectivity index (χ0) is 15.5. The standard InChI is InChI=1S/C16H20N4O2/c1-12-17-16(20(18-12)9-4-10-21)13-5-2-6-14(11-13)19-8-3-7-15(19)22/h2,5-6,11,21H,3-4,7-10H2,1H3. The second kappa shape index (κ2) is 6.27. The van der Waals surface area contributed by atoms with Gasteiger partial charge in [-0.05, 0) is 31.9 Å². The molecule has 1 aromatic carbocycles. The Bertz CT molecular complexity index is 681. The number of carbonyl (C=O) groups is 1. The fourth-order valence-corrected chi connectivity index (χ4v) is 2.78. The fourth-order valence-electron chi connectivity index (χ4n) is 2.78. The van der Waals surface area contributed by atoms with E-state index in [2.05, 4.69) is 10.1 Å². The van der Waals surface area contributed by atoms with Crippen LogP contribution in [0.3, 0.4) is 0 Å². The Labute approximate surface area is 129 Å². The first-order valence-electron chi connectivity index (χ1n) is 7.62. The number of hydrogen-bond acceptors (Lipinski definition) is 4. The van der Waals surface area contributed by atoms with E-state index >= 15 is 0 Å². The van der Waals surface area contributed by atoms with Gasteiger partial charge in [0.2, 0.25) is 5.91 Å². The van der Waals surface area contributed by atoms with Crippen LogP contribution in [-0.2, 0) is 11.3 Å². The van der Waals surface area contributed by atoms with E-state index in [1.165, 1.54) is 0 Å². The molecule has 22 heavy (non-hydrogen) atoms. The third-order valence-corrected chi connectivity index (χ3v) is 3.80. The summed E-state index contributed by atoms with van der Waals surface area (Å²) >= 11 is 0. The predicted molar refractivity (Wildman–Crippen MR) is 83.5 cm³/mol. The Balaban J connectivity index is 1.93. The number of benzene rings is 1. The van der Waals surface area contributed by atoms with Gasteiger partial charge in [-0.15, -0.1) is 0 Å². The molecule has 1 saturated heterocycles. The highest BCUT2D eigenvalue weighted by atomic mass is 16.3. The van der Waals surface area contributed by atoms with E-state index in [0.717, 1.165) is 30.0 Å². The van der Waals surface area contributed by atoms with E-state index in [-0.39, 0.29) is 12.5 Å². The minimum atomic E-state index is 0.126. The van der Waals surface area contributed by atoms with Crippen LogP contribution in [0.25, 0.3) is 11.4 Å². The molecule has 1 aromatic heterocycles. The molecule has 2 heterocycles. The average Bonchev–Trinajstić information content (AvgIpc) is 3.11. The maximum atomic E-state index is 11.9. The van der Waals surface area contributed by atoms with Gasteiger partial charge in [-0.25, -0.2) is 9.67 Å². The van der Waals surface area contributed by atoms with Crippen LogP contribution in [0.15, 0.2) is 24.3 Å². The SMILES string of the molecule is Cc1nc(-c2cccc(N3CCCC3=O)c2)n(CCCO)n1. The number of anilines is 1. The Morgan fingerprint density at radius 1 is 1.36 bits per heavy atom. The Kier molecular flexibility index (Phi) is 4.20. The summed E-state index contributed by atoms with van der Waals surface area (Å²) in [5.41, 5.74) is 1.85. The summed E-state index contributed by atoms with van der Waals surface area (Å²) in [5.74, 6) is 1.66. The molecule has 0 radical (unpaired) electrons. The topological polar surface area (TPSA) is 71.2 Å². The summed E-state index contributed by atoms with van der Waals surface area (Å²) < 4.78 is 1.82. The van der Waals surface area contributed by atoms with Gasteiger partial charge in [0.15, 0.2) is 5.82 Å². The first-order valence-corrected chi connectivity index (χ1v) is 7.62. The lowest BCUT2D eigenvalue weighted by Crippen LogP contribution is -2.23. The lowest BCUT2D eigenvalue weighted by Gasteiger charge is -2.16. The molecule has 0 unspecified atom stereocenters. The van der Waals surface area contributed by atoms with Crippen molar-refractivity contribution in [2.24, 2.45) is 0 Å². The largest absolute Gasteiger partial charge is 0.396 e. The zero-order valence-corrected chi connectivity index (χ0v) is 12.7. The van der Waals surface area contributed by atoms with Crippen molar-refractivity contribution in [3.05, 3.63) is 30.1 Å². The summed E-state index contributed by atoms with van der Waals surface area (Å²) in [6.45, 7) is 3.38. The molecule has 1 fully saturated rings. The molecule has 0 saturated carbocycles. The van der Waals surface area contributed by atoms with Crippen LogP contribution >= 0.6 is 0 Å². The molecule has 0 bridgehead atoms. The van der Waals surface area contributed by atoms with E-state index in [4.69, 9.17) is 5.11 Å². The Hall–Kier alpha value is -2.21. The van der Waals surface area contributed by atoms with E-state index in [1.807, 2.05) is 40.8 Å². The number of aryl methyl sites for hydroxylation is 2. The maximum Gasteiger partial charge on any atom is 0.227 e. The Morgan fingerprint density at radius 2 is 2.23 bits per heavy atom. The summed E-state index contributed by atoms with van der Waals surface area (Å²) in [5, 5.41) is 13.4. The summed E-state index contributed by atoms with van der Waals surface area (Å²) in [4.78, 5) is 18.2. The third kappa shape index (κ3) is 2.87. The number of amides is 1. The number of hydrogen-bond donors (Lipinski definition) is 1. The van der Waals surface area contributed by atoms with Gasteiger partial charge in [0, 0.05) is 37.4 Å². The highest BCUT2D eigenvalue weighted by Crippen LogP contribution is 2.26. The number of carbonyl (C=O) groups excluding carboxylic acids is 1. The molecular formula is C16H20N4O2. The minimum Gasteiger partial charge on any atom is -0.396 e. The van der Waals surface area contributed by atoms with Crippen molar-refractivity contribution < 1.29 is 9.90 Å². The molecule has 1 aliphatic heterocycles. The molecule has 0 aliphatic carbocycles. The van der Waals surface area contributed by atoms with Crippen molar-refractivity contribution in [3.8, 4) is 11.4 Å². The first kappa shape index (κ1) is 14.7. The van der Waals surface area contributed by atoms with Gasteiger partial charge in [-0.2, -0.15) is 5.10 Å². The molecule has 6 heteroatoms. The van der Waals surface area contributed by atoms with Gasteiger partial charge in [0.25, 0.3) is 0 Å². The Morgan fingerprint density at radius 3 is 2.95 bits per heavy atom. The monoisotopic (exact) mass is 300 g/mol. The van der Waals surface area contributed by atoms with Gasteiger partial charge >= 0.3 is 0 Å². The smallest absolute Gasteiger partial charge is 0.227 e. The van der Waals surface area contributed by atoms with E-state index in [9.17, 15) is 4.79 Å². The highest BCUT2D eigenvalue weighted by Gasteiger charge is 2.22. The quantitative estimate of drug-likeness (QED) is 0.913. The first-order chi connectivity index (χ1) is 10.7. The average molecular weight is 300 g/mol. The molecule has 6 nitrogen and oxygen atoms in total. The van der Waals surface area contributed by atoms with Crippen LogP contribution in [0.1, 0.15) is 25.1 Å². The van der Waals surface area contributed by atoms with Crippen LogP contribution in [0.5, 0.6) is 0 Å². The number of aromatic nitrogens is 3. The fraction of sp³-hybridized carbons (Fsp3) is 0.438. The summed E-state index contributed by atoms with van der Waals surface area (Å²) in [6, 6.07) is 7.86. The number of nitrogens with zero attached hydrogens (tertiary/aromatic N) is 4. The van der Waals surface area contributed by atoms with Crippen molar-refractivity contribution in [1.29, 1.82) is 0 Å². The predicted octanol–water partition coefficient (Wildman–Crippen LogP) is 1.76. The molecule has 1 amide bonds. The molecule has 1 N–H and O–H groups in total. The van der Waals surface area contributed by atoms with Crippen molar-refractivity contribution in [1.82, 2.24) is 14.8 Å². The van der Waals surface area contributed by atoms with Crippen LogP contribution in [0.2, 0.25) is 0 Å². The molecule has 0 spiro atoms. The lowest BCUT2D eigenvalue weighted by molar-refractivity contribution is -0.117. The van der Waals surface area contributed by atoms with Crippen molar-refractivity contribution in [2.45, 2.75) is 32.7 Å². The van der Waals surface area contributed by atoms with Crippen molar-refractivity contribution >= 4 is 11.6 Å². The van der Waals surface area contributed by atoms with Gasteiger partial charge in [-0.3, -0.25) is 4.79 Å². The summed E-state index contributed by atoms with van der Waals surface area (Å²) in [7, 11) is 0. The molecule has 0 atom stereocenters. The van der Waals surface area contributed by atoms with Gasteiger partial charge in [0.05, 0.1) is 0 Å². The number of rotatable bonds is 5. The molecule has 1 aliphatic rings. The second-order valence-electron chi connectivity index (χ2n) is 5.48. The van der Waals surface area contributed by atoms with E-state index < -0.39 is 0 Å². The van der Waals surface area contributed by atoms with Gasteiger partial charge in [0.1, 0.15) is 5.82 Å². The molecule has 116 valence electrons. The van der Waals surface area contributed by atoms with Gasteiger partial charge < -0.3 is 10.0 Å². The number of aliphatic hydroxyl groups excluding tert-OH is 1. The van der Waals surface area contributed by atoms with E-state index in [1.54, 1.807) is 0 Å². The van der Waals surface area contributed by atoms with Gasteiger partial charge in [-0.1, -0.05) is 12.1 Å².